The second kappa shape index (κ2) is 14.1. The number of amides is 2. The van der Waals surface area contributed by atoms with Crippen molar-refractivity contribution in [2.24, 2.45) is 0 Å². The molecule has 1 aromatic carbocycles. The molecule has 1 N–H and O–H groups in total. The predicted molar refractivity (Wildman–Crippen MR) is 159 cm³/mol. The summed E-state index contributed by atoms with van der Waals surface area (Å²) in [5.74, 6) is -2.14. The first kappa shape index (κ1) is 35.4. The van der Waals surface area contributed by atoms with Crippen LogP contribution in [0.5, 0.6) is 0 Å². The highest BCUT2D eigenvalue weighted by Gasteiger charge is 2.48. The molecule has 0 atom stereocenters. The molecule has 0 unspecified atom stereocenters. The number of nitrogens with zero attached hydrogens (tertiary/aromatic N) is 3. The van der Waals surface area contributed by atoms with E-state index in [1.165, 1.54) is 19.1 Å². The summed E-state index contributed by atoms with van der Waals surface area (Å²) in [5, 5.41) is 14.7. The van der Waals surface area contributed by atoms with E-state index < -0.39 is 51.4 Å². The van der Waals surface area contributed by atoms with Crippen LogP contribution in [0.25, 0.3) is 0 Å². The van der Waals surface area contributed by atoms with Gasteiger partial charge in [-0.15, -0.1) is 0 Å². The molecule has 44 heavy (non-hydrogen) atoms. The molecule has 0 saturated carbocycles. The highest BCUT2D eigenvalue weighted by molar-refractivity contribution is 6.05. The maximum absolute atomic E-state index is 12.9. The Labute approximate surface area is 256 Å². The van der Waals surface area contributed by atoms with E-state index in [1.54, 1.807) is 73.6 Å². The molecule has 1 aromatic heterocycles. The summed E-state index contributed by atoms with van der Waals surface area (Å²) in [6, 6.07) is 8.63. The number of rotatable bonds is 10. The van der Waals surface area contributed by atoms with Crippen molar-refractivity contribution < 1.29 is 43.0 Å². The van der Waals surface area contributed by atoms with Crippen molar-refractivity contribution in [2.75, 3.05) is 18.5 Å². The summed E-state index contributed by atoms with van der Waals surface area (Å²) in [5.41, 5.74) is -3.65. The van der Waals surface area contributed by atoms with E-state index in [1.807, 2.05) is 0 Å². The van der Waals surface area contributed by atoms with Crippen LogP contribution in [0.3, 0.4) is 0 Å². The fourth-order valence-corrected chi connectivity index (χ4v) is 3.72. The smallest absolute Gasteiger partial charge is 0.420 e. The lowest BCUT2D eigenvalue weighted by atomic mass is 9.86. The normalized spacial score (nSPS) is 11.7. The van der Waals surface area contributed by atoms with Crippen LogP contribution in [0.1, 0.15) is 73.6 Å². The van der Waals surface area contributed by atoms with Gasteiger partial charge in [0.25, 0.3) is 0 Å². The van der Waals surface area contributed by atoms with Crippen molar-refractivity contribution in [1.29, 1.82) is 0 Å². The molecule has 0 radical (unpaired) electrons. The molecule has 0 spiro atoms. The van der Waals surface area contributed by atoms with E-state index in [0.717, 1.165) is 11.0 Å². The highest BCUT2D eigenvalue weighted by atomic mass is 16.6. The molecule has 1 heterocycles. The number of nitrogens with one attached hydrogen (secondary N) is 1. The van der Waals surface area contributed by atoms with Crippen molar-refractivity contribution in [1.82, 2.24) is 9.88 Å². The summed E-state index contributed by atoms with van der Waals surface area (Å²) >= 11 is 0. The molecule has 14 nitrogen and oxygen atoms in total. The molecule has 2 amide bonds. The molecule has 2 aromatic rings. The Balaban J connectivity index is 2.53. The Morgan fingerprint density at radius 2 is 1.39 bits per heavy atom. The van der Waals surface area contributed by atoms with Crippen LogP contribution in [-0.2, 0) is 40.5 Å². The monoisotopic (exact) mass is 616 g/mol. The quantitative estimate of drug-likeness (QED) is 0.112. The molecule has 0 aliphatic carbocycles. The zero-order chi connectivity index (χ0) is 33.5. The van der Waals surface area contributed by atoms with Crippen molar-refractivity contribution in [3.8, 4) is 0 Å². The van der Waals surface area contributed by atoms with E-state index in [9.17, 15) is 29.3 Å². The van der Waals surface area contributed by atoms with E-state index in [0.29, 0.717) is 5.56 Å². The molecule has 0 aliphatic heterocycles. The van der Waals surface area contributed by atoms with Gasteiger partial charge in [-0.05, 0) is 86.1 Å². The van der Waals surface area contributed by atoms with E-state index >= 15 is 0 Å². The summed E-state index contributed by atoms with van der Waals surface area (Å²) in [4.78, 5) is 68.0. The second-order valence-electron chi connectivity index (χ2n) is 11.8. The minimum absolute atomic E-state index is 0.0255. The van der Waals surface area contributed by atoms with Gasteiger partial charge in [0.15, 0.2) is 0 Å². The number of carbonyl (C=O) groups is 4. The largest absolute Gasteiger partial charge is 0.465 e. The first-order valence-electron chi connectivity index (χ1n) is 13.9. The van der Waals surface area contributed by atoms with Crippen molar-refractivity contribution in [3.05, 3.63) is 57.8 Å². The van der Waals surface area contributed by atoms with Gasteiger partial charge in [0, 0.05) is 11.8 Å². The zero-order valence-electron chi connectivity index (χ0n) is 26.5. The predicted octanol–water partition coefficient (Wildman–Crippen LogP) is 5.79. The first-order chi connectivity index (χ1) is 20.3. The number of hydrogen-bond acceptors (Lipinski definition) is 12. The van der Waals surface area contributed by atoms with Gasteiger partial charge < -0.3 is 24.3 Å². The van der Waals surface area contributed by atoms with Crippen molar-refractivity contribution >= 4 is 41.3 Å². The van der Waals surface area contributed by atoms with Crippen LogP contribution in [0.15, 0.2) is 36.4 Å². The van der Waals surface area contributed by atoms with Gasteiger partial charge in [0.1, 0.15) is 11.2 Å². The lowest BCUT2D eigenvalue weighted by Crippen LogP contribution is -2.44. The Kier molecular flexibility index (Phi) is 11.4. The Morgan fingerprint density at radius 3 is 1.84 bits per heavy atom. The van der Waals surface area contributed by atoms with E-state index in [-0.39, 0.29) is 37.0 Å². The Bertz CT molecular complexity index is 1350. The third kappa shape index (κ3) is 9.38. The maximum atomic E-state index is 12.9. The number of anilines is 2. The number of hydrogen-bond donors (Lipinski definition) is 1. The van der Waals surface area contributed by atoms with Crippen LogP contribution >= 0.6 is 0 Å². The molecule has 0 fully saturated rings. The average molecular weight is 617 g/mol. The van der Waals surface area contributed by atoms with Gasteiger partial charge in [-0.1, -0.05) is 12.1 Å². The van der Waals surface area contributed by atoms with Gasteiger partial charge in [0.2, 0.25) is 11.2 Å². The summed E-state index contributed by atoms with van der Waals surface area (Å²) < 4.78 is 21.0. The van der Waals surface area contributed by atoms with Gasteiger partial charge in [-0.3, -0.25) is 19.7 Å². The number of ether oxygens (including phenoxy) is 4. The SMILES string of the molecule is CCOC(=O)C(C)(C(=O)OCC)c1ccc([N+](=O)[O-])c(Nc2cccc(CN(C(=O)OC(C)(C)C)C(=O)OC(C)(C)C)c2)n1. The topological polar surface area (TPSA) is 176 Å². The molecule has 0 saturated heterocycles. The lowest BCUT2D eigenvalue weighted by Gasteiger charge is -2.28. The number of pyridine rings is 1. The van der Waals surface area contributed by atoms with Gasteiger partial charge in [-0.25, -0.2) is 19.5 Å². The summed E-state index contributed by atoms with van der Waals surface area (Å²) in [6.45, 7) is 14.1. The average Bonchev–Trinajstić information content (AvgIpc) is 2.89. The van der Waals surface area contributed by atoms with Gasteiger partial charge >= 0.3 is 29.8 Å². The lowest BCUT2D eigenvalue weighted by molar-refractivity contribution is -0.384. The molecular weight excluding hydrogens is 576 g/mol. The number of nitro groups is 1. The van der Waals surface area contributed by atoms with Gasteiger partial charge in [-0.2, -0.15) is 0 Å². The van der Waals surface area contributed by atoms with Crippen LogP contribution in [0.4, 0.5) is 26.8 Å². The van der Waals surface area contributed by atoms with Gasteiger partial charge in [0.05, 0.1) is 30.4 Å². The highest BCUT2D eigenvalue weighted by Crippen LogP contribution is 2.33. The molecule has 0 bridgehead atoms. The number of imide groups is 1. The zero-order valence-corrected chi connectivity index (χ0v) is 26.5. The van der Waals surface area contributed by atoms with Crippen molar-refractivity contribution in [2.45, 2.75) is 85.5 Å². The fourth-order valence-electron chi connectivity index (χ4n) is 3.72. The fraction of sp³-hybridized carbons (Fsp3) is 0.500. The van der Waals surface area contributed by atoms with E-state index in [4.69, 9.17) is 18.9 Å². The number of carbonyl (C=O) groups excluding carboxylic acids is 4. The number of aromatic nitrogens is 1. The Morgan fingerprint density at radius 1 is 0.864 bits per heavy atom. The second-order valence-corrected chi connectivity index (χ2v) is 11.8. The van der Waals surface area contributed by atoms with E-state index in [2.05, 4.69) is 10.3 Å². The molecule has 240 valence electrons. The first-order valence-corrected chi connectivity index (χ1v) is 13.9. The summed E-state index contributed by atoms with van der Waals surface area (Å²) in [6.07, 6.45) is -1.85. The molecule has 14 heteroatoms. The van der Waals surface area contributed by atoms with Crippen molar-refractivity contribution in [3.63, 3.8) is 0 Å². The third-order valence-electron chi connectivity index (χ3n) is 5.71. The van der Waals surface area contributed by atoms with Crippen LogP contribution in [0, 0.1) is 10.1 Å². The third-order valence-corrected chi connectivity index (χ3v) is 5.71. The minimum Gasteiger partial charge on any atom is -0.465 e. The maximum Gasteiger partial charge on any atom is 0.420 e. The Hall–Kier alpha value is -4.75. The summed E-state index contributed by atoms with van der Waals surface area (Å²) in [7, 11) is 0. The minimum atomic E-state index is -2.01. The molecule has 2 rings (SSSR count). The number of benzene rings is 1. The molecular formula is C30H40N4O10. The molecule has 0 aliphatic rings. The van der Waals surface area contributed by atoms with Crippen LogP contribution in [0.2, 0.25) is 0 Å². The number of esters is 2. The van der Waals surface area contributed by atoms with Crippen LogP contribution in [-0.4, -0.2) is 63.3 Å². The van der Waals surface area contributed by atoms with Crippen LogP contribution < -0.4 is 5.32 Å². The standard InChI is InChI=1S/C30H40N4O10/c1-10-41-24(35)30(9,25(36)42-11-2)22-16-15-21(34(39)40)23(32-22)31-20-14-12-13-19(17-20)18-33(26(37)43-28(3,4)5)27(38)44-29(6,7)8/h12-17H,10-11,18H2,1-9H3,(H,31,32).